The minimum atomic E-state index is -0.146. The first-order valence-corrected chi connectivity index (χ1v) is 6.35. The van der Waals surface area contributed by atoms with E-state index in [0.29, 0.717) is 0 Å². The van der Waals surface area contributed by atoms with Crippen molar-refractivity contribution in [2.45, 2.75) is 47.1 Å². The number of nitrogens with one attached hydrogen (secondary N) is 1. The lowest BCUT2D eigenvalue weighted by Gasteiger charge is -2.32. The molecular weight excluding hydrogens is 213 g/mol. The van der Waals surface area contributed by atoms with E-state index in [0.717, 1.165) is 24.1 Å². The second-order valence-corrected chi connectivity index (χ2v) is 5.82. The topological polar surface area (TPSA) is 12.0 Å². The average molecular weight is 237 g/mol. The third-order valence-corrected chi connectivity index (χ3v) is 2.86. The van der Waals surface area contributed by atoms with Crippen LogP contribution in [0.2, 0.25) is 0 Å². The van der Waals surface area contributed by atoms with Gasteiger partial charge in [-0.05, 0) is 48.6 Å². The Morgan fingerprint density at radius 1 is 1.24 bits per heavy atom. The largest absolute Gasteiger partial charge is 0.309 e. The van der Waals surface area contributed by atoms with Gasteiger partial charge in [0.25, 0.3) is 0 Å². The summed E-state index contributed by atoms with van der Waals surface area (Å²) >= 11 is 0. The van der Waals surface area contributed by atoms with Crippen LogP contribution >= 0.6 is 0 Å². The number of hydrogen-bond acceptors (Lipinski definition) is 1. The Hall–Kier alpha value is -0.890. The molecule has 0 aromatic heterocycles. The van der Waals surface area contributed by atoms with E-state index in [1.165, 1.54) is 0 Å². The summed E-state index contributed by atoms with van der Waals surface area (Å²) in [7, 11) is 0. The lowest BCUT2D eigenvalue weighted by Crippen LogP contribution is -2.33. The average Bonchev–Trinajstić information content (AvgIpc) is 2.14. The van der Waals surface area contributed by atoms with Crippen molar-refractivity contribution in [3.8, 4) is 0 Å². The molecule has 0 saturated heterocycles. The molecule has 96 valence electrons. The highest BCUT2D eigenvalue weighted by Gasteiger charge is 2.25. The molecule has 0 fully saturated rings. The van der Waals surface area contributed by atoms with Gasteiger partial charge in [-0.15, -0.1) is 0 Å². The van der Waals surface area contributed by atoms with Gasteiger partial charge in [-0.25, -0.2) is 4.39 Å². The Balaban J connectivity index is 3.03. The van der Waals surface area contributed by atoms with Gasteiger partial charge in [0, 0.05) is 6.04 Å². The predicted octanol–water partition coefficient (Wildman–Crippen LogP) is 4.22. The standard InChI is InChI=1S/C15H24FN/c1-6-7-17-14(15(3,4)5)12-8-11(2)9-13(16)10-12/h8-10,14,17H,6-7H2,1-5H3. The van der Waals surface area contributed by atoms with Crippen LogP contribution in [0.3, 0.4) is 0 Å². The van der Waals surface area contributed by atoms with E-state index in [4.69, 9.17) is 0 Å². The fourth-order valence-electron chi connectivity index (χ4n) is 2.14. The molecule has 1 atom stereocenters. The lowest BCUT2D eigenvalue weighted by molar-refractivity contribution is 0.272. The van der Waals surface area contributed by atoms with Gasteiger partial charge in [0.2, 0.25) is 0 Å². The highest BCUT2D eigenvalue weighted by Crippen LogP contribution is 2.33. The van der Waals surface area contributed by atoms with Gasteiger partial charge >= 0.3 is 0 Å². The van der Waals surface area contributed by atoms with Gasteiger partial charge in [-0.3, -0.25) is 0 Å². The first-order chi connectivity index (χ1) is 7.84. The highest BCUT2D eigenvalue weighted by molar-refractivity contribution is 5.27. The summed E-state index contributed by atoms with van der Waals surface area (Å²) in [5.74, 6) is -0.146. The smallest absolute Gasteiger partial charge is 0.123 e. The van der Waals surface area contributed by atoms with Gasteiger partial charge in [0.15, 0.2) is 0 Å². The van der Waals surface area contributed by atoms with Crippen molar-refractivity contribution in [3.05, 3.63) is 35.1 Å². The zero-order valence-corrected chi connectivity index (χ0v) is 11.6. The van der Waals surface area contributed by atoms with E-state index in [1.807, 2.05) is 6.92 Å². The second kappa shape index (κ2) is 5.63. The molecule has 0 saturated carbocycles. The van der Waals surface area contributed by atoms with Gasteiger partial charge in [0.05, 0.1) is 0 Å². The van der Waals surface area contributed by atoms with Crippen LogP contribution in [0.25, 0.3) is 0 Å². The van der Waals surface area contributed by atoms with Crippen molar-refractivity contribution in [1.82, 2.24) is 5.32 Å². The van der Waals surface area contributed by atoms with Crippen molar-refractivity contribution in [2.75, 3.05) is 6.54 Å². The van der Waals surface area contributed by atoms with Crippen molar-refractivity contribution in [3.63, 3.8) is 0 Å². The Bertz CT molecular complexity index is 345. The quantitative estimate of drug-likeness (QED) is 0.826. The molecule has 0 aliphatic heterocycles. The van der Waals surface area contributed by atoms with Crippen LogP contribution in [0.15, 0.2) is 18.2 Å². The number of benzene rings is 1. The Kier molecular flexibility index (Phi) is 4.70. The van der Waals surface area contributed by atoms with Crippen molar-refractivity contribution >= 4 is 0 Å². The summed E-state index contributed by atoms with van der Waals surface area (Å²) < 4.78 is 13.5. The molecule has 17 heavy (non-hydrogen) atoms. The minimum Gasteiger partial charge on any atom is -0.309 e. The van der Waals surface area contributed by atoms with E-state index in [-0.39, 0.29) is 17.3 Å². The van der Waals surface area contributed by atoms with Crippen LogP contribution in [0, 0.1) is 18.2 Å². The minimum absolute atomic E-state index is 0.0788. The molecule has 1 unspecified atom stereocenters. The van der Waals surface area contributed by atoms with Gasteiger partial charge in [0.1, 0.15) is 5.82 Å². The van der Waals surface area contributed by atoms with E-state index in [1.54, 1.807) is 12.1 Å². The zero-order valence-electron chi connectivity index (χ0n) is 11.6. The second-order valence-electron chi connectivity index (χ2n) is 5.82. The first-order valence-electron chi connectivity index (χ1n) is 6.35. The SMILES string of the molecule is CCCNC(c1cc(C)cc(F)c1)C(C)(C)C. The molecule has 1 aromatic carbocycles. The molecule has 0 amide bonds. The molecule has 1 aromatic rings. The third kappa shape index (κ3) is 4.12. The molecule has 0 spiro atoms. The summed E-state index contributed by atoms with van der Waals surface area (Å²) in [5, 5.41) is 3.51. The number of aryl methyl sites for hydroxylation is 1. The summed E-state index contributed by atoms with van der Waals surface area (Å²) in [6.45, 7) is 11.6. The van der Waals surface area contributed by atoms with E-state index in [9.17, 15) is 4.39 Å². The fourth-order valence-corrected chi connectivity index (χ4v) is 2.14. The Morgan fingerprint density at radius 2 is 1.88 bits per heavy atom. The molecule has 0 bridgehead atoms. The monoisotopic (exact) mass is 237 g/mol. The molecule has 0 aliphatic rings. The molecule has 0 aliphatic carbocycles. The summed E-state index contributed by atoms with van der Waals surface area (Å²) in [6, 6.07) is 5.48. The normalized spacial score (nSPS) is 13.8. The fraction of sp³-hybridized carbons (Fsp3) is 0.600. The molecule has 1 rings (SSSR count). The van der Waals surface area contributed by atoms with Crippen LogP contribution in [-0.2, 0) is 0 Å². The van der Waals surface area contributed by atoms with E-state index in [2.05, 4.69) is 39.1 Å². The highest BCUT2D eigenvalue weighted by atomic mass is 19.1. The summed E-state index contributed by atoms with van der Waals surface area (Å²) in [6.07, 6.45) is 1.08. The lowest BCUT2D eigenvalue weighted by atomic mass is 9.82. The predicted molar refractivity (Wildman–Crippen MR) is 71.6 cm³/mol. The maximum absolute atomic E-state index is 13.5. The Labute approximate surface area is 104 Å². The van der Waals surface area contributed by atoms with Crippen molar-refractivity contribution in [2.24, 2.45) is 5.41 Å². The molecule has 0 heterocycles. The summed E-state index contributed by atoms with van der Waals surface area (Å²) in [5.41, 5.74) is 2.10. The zero-order chi connectivity index (χ0) is 13.1. The van der Waals surface area contributed by atoms with Crippen LogP contribution in [0.1, 0.15) is 51.3 Å². The van der Waals surface area contributed by atoms with Gasteiger partial charge < -0.3 is 5.32 Å². The number of halogens is 1. The molecular formula is C15H24FN. The maximum Gasteiger partial charge on any atom is 0.123 e. The van der Waals surface area contributed by atoms with Gasteiger partial charge in [-0.2, -0.15) is 0 Å². The van der Waals surface area contributed by atoms with E-state index < -0.39 is 0 Å². The van der Waals surface area contributed by atoms with E-state index >= 15 is 0 Å². The summed E-state index contributed by atoms with van der Waals surface area (Å²) in [4.78, 5) is 0. The van der Waals surface area contributed by atoms with Crippen LogP contribution in [-0.4, -0.2) is 6.54 Å². The molecule has 0 radical (unpaired) electrons. The molecule has 1 nitrogen and oxygen atoms in total. The van der Waals surface area contributed by atoms with Crippen molar-refractivity contribution in [1.29, 1.82) is 0 Å². The third-order valence-electron chi connectivity index (χ3n) is 2.86. The van der Waals surface area contributed by atoms with Crippen LogP contribution < -0.4 is 5.32 Å². The number of hydrogen-bond donors (Lipinski definition) is 1. The first kappa shape index (κ1) is 14.2. The van der Waals surface area contributed by atoms with Crippen LogP contribution in [0.5, 0.6) is 0 Å². The van der Waals surface area contributed by atoms with Crippen LogP contribution in [0.4, 0.5) is 4.39 Å². The Morgan fingerprint density at radius 3 is 2.35 bits per heavy atom. The molecule has 1 N–H and O–H groups in total. The van der Waals surface area contributed by atoms with Gasteiger partial charge in [-0.1, -0.05) is 33.8 Å². The maximum atomic E-state index is 13.5. The van der Waals surface area contributed by atoms with Crippen molar-refractivity contribution < 1.29 is 4.39 Å². The molecule has 2 heteroatoms. The number of rotatable bonds is 4.